The standard InChI is InChI=1S/C16H26N4/c1-5-16(6-2)20-10-8-15(18-20)12-19-9-7-14(11-19)13(3)17-4/h7-11,13,16-17H,5-6,12H2,1-4H3. The Morgan fingerprint density at radius 3 is 2.60 bits per heavy atom. The van der Waals surface area contributed by atoms with E-state index in [9.17, 15) is 0 Å². The van der Waals surface area contributed by atoms with Gasteiger partial charge in [-0.2, -0.15) is 5.10 Å². The van der Waals surface area contributed by atoms with Crippen LogP contribution < -0.4 is 5.32 Å². The number of nitrogens with one attached hydrogen (secondary N) is 1. The molecule has 0 aliphatic carbocycles. The molecule has 0 saturated carbocycles. The molecule has 0 saturated heterocycles. The van der Waals surface area contributed by atoms with Gasteiger partial charge >= 0.3 is 0 Å². The number of aromatic nitrogens is 3. The van der Waals surface area contributed by atoms with E-state index in [4.69, 9.17) is 5.10 Å². The minimum atomic E-state index is 0.387. The van der Waals surface area contributed by atoms with Crippen LogP contribution in [0.15, 0.2) is 30.7 Å². The van der Waals surface area contributed by atoms with E-state index in [-0.39, 0.29) is 0 Å². The fourth-order valence-corrected chi connectivity index (χ4v) is 2.50. The molecule has 2 aromatic heterocycles. The molecule has 2 rings (SSSR count). The molecule has 110 valence electrons. The highest BCUT2D eigenvalue weighted by atomic mass is 15.3. The van der Waals surface area contributed by atoms with Gasteiger partial charge in [-0.05, 0) is 44.5 Å². The van der Waals surface area contributed by atoms with Crippen LogP contribution in [0.4, 0.5) is 0 Å². The lowest BCUT2D eigenvalue weighted by atomic mass is 10.2. The SMILES string of the molecule is CCC(CC)n1ccc(Cn2ccc(C(C)NC)c2)n1. The maximum absolute atomic E-state index is 4.70. The molecule has 0 bridgehead atoms. The maximum atomic E-state index is 4.70. The fraction of sp³-hybridized carbons (Fsp3) is 0.562. The van der Waals surface area contributed by atoms with Crippen LogP contribution in [0.25, 0.3) is 0 Å². The predicted octanol–water partition coefficient (Wildman–Crippen LogP) is 3.37. The molecule has 0 aliphatic heterocycles. The number of rotatable bonds is 7. The van der Waals surface area contributed by atoms with Crippen LogP contribution in [-0.2, 0) is 6.54 Å². The molecule has 4 nitrogen and oxygen atoms in total. The van der Waals surface area contributed by atoms with Gasteiger partial charge in [-0.3, -0.25) is 4.68 Å². The quantitative estimate of drug-likeness (QED) is 0.840. The van der Waals surface area contributed by atoms with Gasteiger partial charge in [0.1, 0.15) is 0 Å². The largest absolute Gasteiger partial charge is 0.348 e. The van der Waals surface area contributed by atoms with Crippen LogP contribution in [0.2, 0.25) is 0 Å². The van der Waals surface area contributed by atoms with Crippen LogP contribution in [0.1, 0.15) is 57.0 Å². The Kier molecular flexibility index (Phi) is 5.01. The van der Waals surface area contributed by atoms with Crippen LogP contribution in [0.3, 0.4) is 0 Å². The van der Waals surface area contributed by atoms with Gasteiger partial charge in [-0.1, -0.05) is 13.8 Å². The third-order valence-electron chi connectivity index (χ3n) is 4.03. The number of nitrogens with zero attached hydrogens (tertiary/aromatic N) is 3. The molecule has 0 spiro atoms. The Bertz CT molecular complexity index is 522. The zero-order valence-electron chi connectivity index (χ0n) is 13.0. The van der Waals surface area contributed by atoms with Crippen LogP contribution in [0, 0.1) is 0 Å². The lowest BCUT2D eigenvalue weighted by Gasteiger charge is -2.12. The maximum Gasteiger partial charge on any atom is 0.0821 e. The Balaban J connectivity index is 2.05. The highest BCUT2D eigenvalue weighted by Crippen LogP contribution is 2.16. The summed E-state index contributed by atoms with van der Waals surface area (Å²) in [5.41, 5.74) is 2.43. The zero-order valence-corrected chi connectivity index (χ0v) is 13.0. The van der Waals surface area contributed by atoms with Crippen molar-refractivity contribution >= 4 is 0 Å². The molecule has 1 atom stereocenters. The van der Waals surface area contributed by atoms with Crippen molar-refractivity contribution in [3.8, 4) is 0 Å². The third kappa shape index (κ3) is 3.31. The monoisotopic (exact) mass is 274 g/mol. The summed E-state index contributed by atoms with van der Waals surface area (Å²) in [5.74, 6) is 0. The summed E-state index contributed by atoms with van der Waals surface area (Å²) in [6, 6.07) is 5.20. The average molecular weight is 274 g/mol. The molecule has 20 heavy (non-hydrogen) atoms. The minimum Gasteiger partial charge on any atom is -0.348 e. The van der Waals surface area contributed by atoms with E-state index in [0.717, 1.165) is 25.1 Å². The lowest BCUT2D eigenvalue weighted by molar-refractivity contribution is 0.424. The summed E-state index contributed by atoms with van der Waals surface area (Å²) in [6.07, 6.45) is 8.68. The summed E-state index contributed by atoms with van der Waals surface area (Å²) in [5, 5.41) is 7.96. The third-order valence-corrected chi connectivity index (χ3v) is 4.03. The molecule has 2 heterocycles. The van der Waals surface area contributed by atoms with Gasteiger partial charge in [0.25, 0.3) is 0 Å². The first-order valence-corrected chi connectivity index (χ1v) is 7.54. The smallest absolute Gasteiger partial charge is 0.0821 e. The van der Waals surface area contributed by atoms with Gasteiger partial charge in [0, 0.05) is 24.6 Å². The van der Waals surface area contributed by atoms with Crippen molar-refractivity contribution in [2.45, 2.75) is 52.2 Å². The Hall–Kier alpha value is -1.55. The van der Waals surface area contributed by atoms with E-state index in [1.54, 1.807) is 0 Å². The molecular weight excluding hydrogens is 248 g/mol. The highest BCUT2D eigenvalue weighted by molar-refractivity contribution is 5.15. The van der Waals surface area contributed by atoms with Crippen molar-refractivity contribution < 1.29 is 0 Å². The van der Waals surface area contributed by atoms with Gasteiger partial charge < -0.3 is 9.88 Å². The van der Waals surface area contributed by atoms with Crippen LogP contribution >= 0.6 is 0 Å². The van der Waals surface area contributed by atoms with Gasteiger partial charge in [0.05, 0.1) is 18.3 Å². The molecule has 0 aromatic carbocycles. The highest BCUT2D eigenvalue weighted by Gasteiger charge is 2.09. The first-order valence-electron chi connectivity index (χ1n) is 7.54. The van der Waals surface area contributed by atoms with Gasteiger partial charge in [0.2, 0.25) is 0 Å². The Morgan fingerprint density at radius 1 is 1.20 bits per heavy atom. The number of hydrogen-bond acceptors (Lipinski definition) is 2. The summed E-state index contributed by atoms with van der Waals surface area (Å²) >= 11 is 0. The van der Waals surface area contributed by atoms with Crippen molar-refractivity contribution in [3.05, 3.63) is 42.0 Å². The van der Waals surface area contributed by atoms with Crippen molar-refractivity contribution in [1.29, 1.82) is 0 Å². The van der Waals surface area contributed by atoms with Crippen LogP contribution in [-0.4, -0.2) is 21.4 Å². The molecule has 4 heteroatoms. The first kappa shape index (κ1) is 14.9. The van der Waals surface area contributed by atoms with E-state index in [1.165, 1.54) is 5.56 Å². The predicted molar refractivity (Wildman–Crippen MR) is 82.9 cm³/mol. The molecule has 2 aromatic rings. The molecule has 0 aliphatic rings. The van der Waals surface area contributed by atoms with Gasteiger partial charge in [-0.25, -0.2) is 0 Å². The average Bonchev–Trinajstić information content (AvgIpc) is 3.10. The van der Waals surface area contributed by atoms with E-state index in [2.05, 4.69) is 66.1 Å². The topological polar surface area (TPSA) is 34.8 Å². The summed E-state index contributed by atoms with van der Waals surface area (Å²) in [4.78, 5) is 0. The summed E-state index contributed by atoms with van der Waals surface area (Å²) < 4.78 is 4.30. The minimum absolute atomic E-state index is 0.387. The molecular formula is C16H26N4. The van der Waals surface area contributed by atoms with E-state index >= 15 is 0 Å². The van der Waals surface area contributed by atoms with Crippen LogP contribution in [0.5, 0.6) is 0 Å². The summed E-state index contributed by atoms with van der Waals surface area (Å²) in [7, 11) is 1.99. The molecule has 0 fully saturated rings. The second-order valence-corrected chi connectivity index (χ2v) is 5.38. The van der Waals surface area contributed by atoms with E-state index in [0.29, 0.717) is 12.1 Å². The Labute approximate surface area is 121 Å². The Morgan fingerprint density at radius 2 is 1.95 bits per heavy atom. The lowest BCUT2D eigenvalue weighted by Crippen LogP contribution is -2.11. The second-order valence-electron chi connectivity index (χ2n) is 5.38. The zero-order chi connectivity index (χ0) is 14.5. The van der Waals surface area contributed by atoms with Crippen molar-refractivity contribution in [2.24, 2.45) is 0 Å². The first-order chi connectivity index (χ1) is 9.67. The number of hydrogen-bond donors (Lipinski definition) is 1. The second kappa shape index (κ2) is 6.75. The van der Waals surface area contributed by atoms with Crippen molar-refractivity contribution in [1.82, 2.24) is 19.7 Å². The van der Waals surface area contributed by atoms with Crippen molar-refractivity contribution in [2.75, 3.05) is 7.05 Å². The molecule has 1 N–H and O–H groups in total. The molecule has 0 radical (unpaired) electrons. The molecule has 0 amide bonds. The normalized spacial score (nSPS) is 13.1. The van der Waals surface area contributed by atoms with Crippen molar-refractivity contribution in [3.63, 3.8) is 0 Å². The fourth-order valence-electron chi connectivity index (χ4n) is 2.50. The molecule has 1 unspecified atom stereocenters. The van der Waals surface area contributed by atoms with Gasteiger partial charge in [-0.15, -0.1) is 0 Å². The van der Waals surface area contributed by atoms with Gasteiger partial charge in [0.15, 0.2) is 0 Å². The summed E-state index contributed by atoms with van der Waals surface area (Å²) in [6.45, 7) is 7.44. The van der Waals surface area contributed by atoms with E-state index in [1.807, 2.05) is 7.05 Å². The van der Waals surface area contributed by atoms with E-state index < -0.39 is 0 Å².